The minimum absolute atomic E-state index is 0.0227. The number of fused-ring (bicyclic) bond motifs is 1. The lowest BCUT2D eigenvalue weighted by atomic mass is 10.1. The molecule has 0 atom stereocenters. The summed E-state index contributed by atoms with van der Waals surface area (Å²) in [6.07, 6.45) is 0. The van der Waals surface area contributed by atoms with Crippen molar-refractivity contribution >= 4 is 10.9 Å². The van der Waals surface area contributed by atoms with Gasteiger partial charge in [0.25, 0.3) is 5.56 Å². The number of nitrogens with two attached hydrogens (primary N) is 1. The van der Waals surface area contributed by atoms with Gasteiger partial charge in [0.05, 0.1) is 12.1 Å². The van der Waals surface area contributed by atoms with Crippen molar-refractivity contribution in [1.29, 1.82) is 0 Å². The minimum Gasteiger partial charge on any atom is -0.457 e. The second kappa shape index (κ2) is 8.78. The summed E-state index contributed by atoms with van der Waals surface area (Å²) in [7, 11) is 0. The Balaban J connectivity index is 1.69. The molecule has 2 aromatic carbocycles. The van der Waals surface area contributed by atoms with Gasteiger partial charge in [0.15, 0.2) is 0 Å². The lowest BCUT2D eigenvalue weighted by molar-refractivity contribution is 0.136. The van der Waals surface area contributed by atoms with Crippen molar-refractivity contribution in [2.75, 3.05) is 26.3 Å². The molecule has 0 amide bonds. The Kier molecular flexibility index (Phi) is 5.94. The zero-order valence-corrected chi connectivity index (χ0v) is 16.7. The van der Waals surface area contributed by atoms with E-state index in [1.807, 2.05) is 61.5 Å². The van der Waals surface area contributed by atoms with Crippen molar-refractivity contribution in [2.24, 2.45) is 5.73 Å². The molecule has 0 aliphatic carbocycles. The number of hydrogen-bond acceptors (Lipinski definition) is 5. The average Bonchev–Trinajstić information content (AvgIpc) is 2.70. The van der Waals surface area contributed by atoms with Crippen molar-refractivity contribution in [3.63, 3.8) is 0 Å². The molecule has 6 nitrogen and oxygen atoms in total. The average molecular weight is 393 g/mol. The van der Waals surface area contributed by atoms with Gasteiger partial charge in [-0.1, -0.05) is 18.2 Å². The van der Waals surface area contributed by atoms with E-state index in [2.05, 4.69) is 4.90 Å². The molecule has 152 valence electrons. The molecule has 0 bridgehead atoms. The van der Waals surface area contributed by atoms with Gasteiger partial charge in [-0.15, -0.1) is 0 Å². The van der Waals surface area contributed by atoms with Gasteiger partial charge in [0.2, 0.25) is 0 Å². The molecule has 1 fully saturated rings. The van der Waals surface area contributed by atoms with Gasteiger partial charge >= 0.3 is 0 Å². The van der Waals surface area contributed by atoms with E-state index >= 15 is 0 Å². The van der Waals surface area contributed by atoms with Crippen LogP contribution in [-0.2, 0) is 17.8 Å². The van der Waals surface area contributed by atoms with Gasteiger partial charge in [0.1, 0.15) is 11.5 Å². The number of hydrogen-bond donors (Lipinski definition) is 1. The minimum atomic E-state index is 0.0227. The summed E-state index contributed by atoms with van der Waals surface area (Å²) in [4.78, 5) is 15.4. The van der Waals surface area contributed by atoms with Crippen LogP contribution in [0.5, 0.6) is 11.5 Å². The zero-order chi connectivity index (χ0) is 20.2. The SMILES string of the molecule is CCOCCn1c(=O)c(CN2CC(N)C2)cc2ccc(Oc3ccccc3)cc21. The maximum atomic E-state index is 13.2. The van der Waals surface area contributed by atoms with Crippen molar-refractivity contribution in [3.05, 3.63) is 70.5 Å². The van der Waals surface area contributed by atoms with Gasteiger partial charge in [0, 0.05) is 50.5 Å². The maximum Gasteiger partial charge on any atom is 0.255 e. The summed E-state index contributed by atoms with van der Waals surface area (Å²) in [5, 5.41) is 1.02. The highest BCUT2D eigenvalue weighted by molar-refractivity contribution is 5.81. The monoisotopic (exact) mass is 393 g/mol. The number of para-hydroxylation sites is 1. The van der Waals surface area contributed by atoms with Crippen LogP contribution in [0, 0.1) is 0 Å². The number of aromatic nitrogens is 1. The third kappa shape index (κ3) is 4.50. The van der Waals surface area contributed by atoms with Crippen LogP contribution in [0.1, 0.15) is 12.5 Å². The fraction of sp³-hybridized carbons (Fsp3) is 0.348. The molecule has 0 unspecified atom stereocenters. The molecule has 29 heavy (non-hydrogen) atoms. The third-order valence-electron chi connectivity index (χ3n) is 5.16. The first-order chi connectivity index (χ1) is 14.1. The summed E-state index contributed by atoms with van der Waals surface area (Å²) in [5.74, 6) is 1.47. The quantitative estimate of drug-likeness (QED) is 0.596. The van der Waals surface area contributed by atoms with Gasteiger partial charge in [-0.2, -0.15) is 0 Å². The Morgan fingerprint density at radius 3 is 2.59 bits per heavy atom. The second-order valence-electron chi connectivity index (χ2n) is 7.41. The summed E-state index contributed by atoms with van der Waals surface area (Å²) >= 11 is 0. The first-order valence-electron chi connectivity index (χ1n) is 10.1. The van der Waals surface area contributed by atoms with Crippen LogP contribution in [0.3, 0.4) is 0 Å². The molecule has 2 heterocycles. The van der Waals surface area contributed by atoms with Crippen molar-refractivity contribution in [3.8, 4) is 11.5 Å². The maximum absolute atomic E-state index is 13.2. The molecular weight excluding hydrogens is 366 g/mol. The summed E-state index contributed by atoms with van der Waals surface area (Å²) < 4.78 is 13.3. The number of likely N-dealkylation sites (tertiary alicyclic amines) is 1. The van der Waals surface area contributed by atoms with Crippen molar-refractivity contribution in [2.45, 2.75) is 26.1 Å². The predicted molar refractivity (Wildman–Crippen MR) is 114 cm³/mol. The van der Waals surface area contributed by atoms with E-state index in [4.69, 9.17) is 15.2 Å². The molecule has 0 radical (unpaired) electrons. The van der Waals surface area contributed by atoms with Crippen molar-refractivity contribution in [1.82, 2.24) is 9.47 Å². The van der Waals surface area contributed by atoms with Crippen LogP contribution in [0.2, 0.25) is 0 Å². The normalized spacial score (nSPS) is 14.8. The molecule has 1 aliphatic heterocycles. The molecule has 4 rings (SSSR count). The first-order valence-corrected chi connectivity index (χ1v) is 10.1. The van der Waals surface area contributed by atoms with E-state index in [1.54, 1.807) is 4.57 Å². The first kappa shape index (κ1) is 19.6. The Morgan fingerprint density at radius 1 is 1.07 bits per heavy atom. The van der Waals surface area contributed by atoms with E-state index in [-0.39, 0.29) is 11.6 Å². The number of rotatable bonds is 8. The van der Waals surface area contributed by atoms with Crippen LogP contribution in [0.4, 0.5) is 0 Å². The molecule has 1 aliphatic rings. The van der Waals surface area contributed by atoms with E-state index in [9.17, 15) is 4.79 Å². The van der Waals surface area contributed by atoms with E-state index < -0.39 is 0 Å². The zero-order valence-electron chi connectivity index (χ0n) is 16.7. The standard InChI is InChI=1S/C23H27N3O3/c1-2-28-11-10-26-22-13-21(29-20-6-4-3-5-7-20)9-8-17(22)12-18(23(26)27)14-25-15-19(24)16-25/h3-9,12-13,19H,2,10-11,14-16,24H2,1H3. The van der Waals surface area contributed by atoms with Crippen molar-refractivity contribution < 1.29 is 9.47 Å². The highest BCUT2D eigenvalue weighted by Gasteiger charge is 2.24. The number of ether oxygens (including phenoxy) is 2. The van der Waals surface area contributed by atoms with Gasteiger partial charge in [-0.25, -0.2) is 0 Å². The Labute approximate surface area is 170 Å². The number of pyridine rings is 1. The van der Waals surface area contributed by atoms with E-state index in [0.29, 0.717) is 32.1 Å². The predicted octanol–water partition coefficient (Wildman–Crippen LogP) is 2.97. The second-order valence-corrected chi connectivity index (χ2v) is 7.41. The molecule has 2 N–H and O–H groups in total. The number of benzene rings is 2. The highest BCUT2D eigenvalue weighted by Crippen LogP contribution is 2.26. The summed E-state index contributed by atoms with van der Waals surface area (Å²) in [5.41, 5.74) is 7.55. The van der Waals surface area contributed by atoms with Crippen LogP contribution >= 0.6 is 0 Å². The van der Waals surface area contributed by atoms with Crippen LogP contribution < -0.4 is 16.0 Å². The Hall–Kier alpha value is -2.67. The fourth-order valence-electron chi connectivity index (χ4n) is 3.71. The van der Waals surface area contributed by atoms with Gasteiger partial charge in [-0.3, -0.25) is 9.69 Å². The topological polar surface area (TPSA) is 69.7 Å². The lowest BCUT2D eigenvalue weighted by Gasteiger charge is -2.36. The van der Waals surface area contributed by atoms with Crippen LogP contribution in [0.25, 0.3) is 10.9 Å². The summed E-state index contributed by atoms with van der Waals surface area (Å²) in [6, 6.07) is 17.7. The van der Waals surface area contributed by atoms with Crippen LogP contribution in [-0.4, -0.2) is 41.8 Å². The lowest BCUT2D eigenvalue weighted by Crippen LogP contribution is -2.55. The molecule has 3 aromatic rings. The molecular formula is C23H27N3O3. The highest BCUT2D eigenvalue weighted by atomic mass is 16.5. The molecule has 0 saturated carbocycles. The smallest absolute Gasteiger partial charge is 0.255 e. The van der Waals surface area contributed by atoms with E-state index in [1.165, 1.54) is 0 Å². The Morgan fingerprint density at radius 2 is 1.86 bits per heavy atom. The van der Waals surface area contributed by atoms with E-state index in [0.717, 1.165) is 35.3 Å². The Bertz CT molecular complexity index is 1030. The third-order valence-corrected chi connectivity index (χ3v) is 5.16. The van der Waals surface area contributed by atoms with Gasteiger partial charge in [-0.05, 0) is 42.6 Å². The molecule has 1 saturated heterocycles. The van der Waals surface area contributed by atoms with Gasteiger partial charge < -0.3 is 19.8 Å². The molecule has 6 heteroatoms. The fourth-order valence-corrected chi connectivity index (χ4v) is 3.71. The summed E-state index contributed by atoms with van der Waals surface area (Å²) in [6.45, 7) is 5.87. The largest absolute Gasteiger partial charge is 0.457 e. The van der Waals surface area contributed by atoms with Crippen LogP contribution in [0.15, 0.2) is 59.4 Å². The molecule has 1 aromatic heterocycles. The molecule has 0 spiro atoms. The number of nitrogens with zero attached hydrogens (tertiary/aromatic N) is 2.